The molecule has 0 saturated heterocycles. The Kier molecular flexibility index (Phi) is 4.20. The lowest BCUT2D eigenvalue weighted by Crippen LogP contribution is -2.14. The number of carbonyl (C=O) groups is 1. The van der Waals surface area contributed by atoms with Crippen molar-refractivity contribution in [2.45, 2.75) is 6.92 Å². The largest absolute Gasteiger partial charge is 0.318 e. The Morgan fingerprint density at radius 2 is 2.00 bits per heavy atom. The average molecular weight is 375 g/mol. The van der Waals surface area contributed by atoms with Crippen LogP contribution in [0, 0.1) is 12.7 Å². The van der Waals surface area contributed by atoms with Gasteiger partial charge in [-0.3, -0.25) is 4.79 Å². The van der Waals surface area contributed by atoms with Crippen molar-refractivity contribution in [2.75, 3.05) is 5.32 Å². The quantitative estimate of drug-likeness (QED) is 0.759. The second-order valence-electron chi connectivity index (χ2n) is 4.82. The molecule has 116 valence electrons. The number of hydrogen-bond acceptors (Lipinski definition) is 3. The molecule has 5 nitrogen and oxygen atoms in total. The number of para-hydroxylation sites is 1. The van der Waals surface area contributed by atoms with E-state index in [0.717, 1.165) is 4.47 Å². The van der Waals surface area contributed by atoms with Gasteiger partial charge in [0.15, 0.2) is 0 Å². The third kappa shape index (κ3) is 3.14. The van der Waals surface area contributed by atoms with Crippen molar-refractivity contribution in [1.82, 2.24) is 14.8 Å². The van der Waals surface area contributed by atoms with E-state index in [2.05, 4.69) is 31.3 Å². The molecular formula is C16H12BrFN4O. The normalized spacial score (nSPS) is 10.6. The molecule has 3 aromatic rings. The van der Waals surface area contributed by atoms with Gasteiger partial charge in [-0.25, -0.2) is 14.1 Å². The first-order chi connectivity index (χ1) is 11.1. The summed E-state index contributed by atoms with van der Waals surface area (Å²) in [6.07, 6.45) is 3.03. The fraction of sp³-hybridized carbons (Fsp3) is 0.0625. The molecule has 7 heteroatoms. The van der Waals surface area contributed by atoms with Gasteiger partial charge >= 0.3 is 0 Å². The minimum absolute atomic E-state index is 0.284. The fourth-order valence-electron chi connectivity index (χ4n) is 2.10. The van der Waals surface area contributed by atoms with E-state index in [0.29, 0.717) is 17.1 Å². The van der Waals surface area contributed by atoms with E-state index in [1.165, 1.54) is 16.9 Å². The SMILES string of the molecule is Cc1c(NC(=O)c2ccc(Br)cn2)cnn1-c1ccccc1F. The Labute approximate surface area is 140 Å². The molecule has 0 fully saturated rings. The predicted molar refractivity (Wildman–Crippen MR) is 88.1 cm³/mol. The lowest BCUT2D eigenvalue weighted by Gasteiger charge is -2.07. The van der Waals surface area contributed by atoms with Gasteiger partial charge in [-0.05, 0) is 47.1 Å². The van der Waals surface area contributed by atoms with Gasteiger partial charge in [0.1, 0.15) is 17.2 Å². The van der Waals surface area contributed by atoms with Gasteiger partial charge in [-0.1, -0.05) is 12.1 Å². The molecule has 1 N–H and O–H groups in total. The second-order valence-corrected chi connectivity index (χ2v) is 5.74. The number of halogens is 2. The number of aromatic nitrogens is 3. The van der Waals surface area contributed by atoms with Crippen LogP contribution in [0.25, 0.3) is 5.69 Å². The molecule has 1 aromatic carbocycles. The molecule has 0 spiro atoms. The van der Waals surface area contributed by atoms with Crippen molar-refractivity contribution < 1.29 is 9.18 Å². The Bertz CT molecular complexity index is 861. The highest BCUT2D eigenvalue weighted by molar-refractivity contribution is 9.10. The van der Waals surface area contributed by atoms with Crippen molar-refractivity contribution in [1.29, 1.82) is 0 Å². The zero-order valence-electron chi connectivity index (χ0n) is 12.1. The van der Waals surface area contributed by atoms with Crippen LogP contribution in [0.4, 0.5) is 10.1 Å². The van der Waals surface area contributed by atoms with E-state index in [1.807, 2.05) is 0 Å². The second kappa shape index (κ2) is 6.29. The highest BCUT2D eigenvalue weighted by Crippen LogP contribution is 2.20. The lowest BCUT2D eigenvalue weighted by molar-refractivity contribution is 0.102. The summed E-state index contributed by atoms with van der Waals surface area (Å²) in [6.45, 7) is 1.75. The molecule has 0 aliphatic carbocycles. The van der Waals surface area contributed by atoms with E-state index >= 15 is 0 Å². The summed E-state index contributed by atoms with van der Waals surface area (Å²) in [5.74, 6) is -0.736. The zero-order chi connectivity index (χ0) is 16.4. The van der Waals surface area contributed by atoms with Crippen LogP contribution in [0.15, 0.2) is 53.3 Å². The van der Waals surface area contributed by atoms with Crippen molar-refractivity contribution in [2.24, 2.45) is 0 Å². The molecule has 0 aliphatic heterocycles. The van der Waals surface area contributed by atoms with E-state index in [4.69, 9.17) is 0 Å². The van der Waals surface area contributed by atoms with Crippen LogP contribution in [0.2, 0.25) is 0 Å². The van der Waals surface area contributed by atoms with Gasteiger partial charge < -0.3 is 5.32 Å². The monoisotopic (exact) mass is 374 g/mol. The molecule has 2 aromatic heterocycles. The molecule has 0 saturated carbocycles. The van der Waals surface area contributed by atoms with Crippen molar-refractivity contribution >= 4 is 27.5 Å². The van der Waals surface area contributed by atoms with E-state index in [1.54, 1.807) is 43.5 Å². The summed E-state index contributed by atoms with van der Waals surface area (Å²) >= 11 is 3.27. The minimum atomic E-state index is -0.383. The molecule has 1 amide bonds. The summed E-state index contributed by atoms with van der Waals surface area (Å²) in [5, 5.41) is 6.87. The van der Waals surface area contributed by atoms with Gasteiger partial charge in [0.2, 0.25) is 0 Å². The van der Waals surface area contributed by atoms with Gasteiger partial charge in [0.25, 0.3) is 5.91 Å². The molecule has 0 unspecified atom stereocenters. The van der Waals surface area contributed by atoms with Crippen molar-refractivity contribution in [3.63, 3.8) is 0 Å². The number of hydrogen-bond donors (Lipinski definition) is 1. The van der Waals surface area contributed by atoms with Crippen LogP contribution in [-0.2, 0) is 0 Å². The lowest BCUT2D eigenvalue weighted by atomic mass is 10.3. The summed E-state index contributed by atoms with van der Waals surface area (Å²) in [5.41, 5.74) is 1.74. The summed E-state index contributed by atoms with van der Waals surface area (Å²) in [4.78, 5) is 16.2. The van der Waals surface area contributed by atoms with E-state index in [9.17, 15) is 9.18 Å². The molecular weight excluding hydrogens is 363 g/mol. The van der Waals surface area contributed by atoms with Gasteiger partial charge in [0.05, 0.1) is 17.6 Å². The third-order valence-electron chi connectivity index (χ3n) is 3.30. The minimum Gasteiger partial charge on any atom is -0.318 e. The molecule has 0 radical (unpaired) electrons. The van der Waals surface area contributed by atoms with Crippen LogP contribution >= 0.6 is 15.9 Å². The maximum Gasteiger partial charge on any atom is 0.274 e. The number of pyridine rings is 1. The van der Waals surface area contributed by atoms with Crippen LogP contribution < -0.4 is 5.32 Å². The molecule has 0 atom stereocenters. The maximum absolute atomic E-state index is 13.9. The number of benzene rings is 1. The Hall–Kier alpha value is -2.54. The first-order valence-electron chi connectivity index (χ1n) is 6.78. The van der Waals surface area contributed by atoms with Crippen LogP contribution in [0.5, 0.6) is 0 Å². The fourth-order valence-corrected chi connectivity index (χ4v) is 2.33. The molecule has 3 rings (SSSR count). The maximum atomic E-state index is 13.9. The smallest absolute Gasteiger partial charge is 0.274 e. The number of rotatable bonds is 3. The van der Waals surface area contributed by atoms with Crippen LogP contribution in [0.1, 0.15) is 16.2 Å². The zero-order valence-corrected chi connectivity index (χ0v) is 13.7. The van der Waals surface area contributed by atoms with Crippen LogP contribution in [-0.4, -0.2) is 20.7 Å². The molecule has 2 heterocycles. The van der Waals surface area contributed by atoms with Crippen molar-refractivity contribution in [3.05, 3.63) is 70.5 Å². The van der Waals surface area contributed by atoms with E-state index < -0.39 is 0 Å². The predicted octanol–water partition coefficient (Wildman–Crippen LogP) is 3.73. The number of carbonyl (C=O) groups excluding carboxylic acids is 1. The number of anilines is 1. The molecule has 0 bridgehead atoms. The number of amides is 1. The first-order valence-corrected chi connectivity index (χ1v) is 7.58. The highest BCUT2D eigenvalue weighted by atomic mass is 79.9. The number of nitrogens with one attached hydrogen (secondary N) is 1. The number of nitrogens with zero attached hydrogens (tertiary/aromatic N) is 3. The summed E-state index contributed by atoms with van der Waals surface area (Å²) < 4.78 is 16.1. The Balaban J connectivity index is 1.87. The Morgan fingerprint density at radius 3 is 2.70 bits per heavy atom. The first kappa shape index (κ1) is 15.4. The van der Waals surface area contributed by atoms with Gasteiger partial charge in [0, 0.05) is 10.7 Å². The van der Waals surface area contributed by atoms with Crippen LogP contribution in [0.3, 0.4) is 0 Å². The molecule has 0 aliphatic rings. The Morgan fingerprint density at radius 1 is 1.22 bits per heavy atom. The van der Waals surface area contributed by atoms with E-state index in [-0.39, 0.29) is 17.4 Å². The summed E-state index contributed by atoms with van der Waals surface area (Å²) in [7, 11) is 0. The van der Waals surface area contributed by atoms with Gasteiger partial charge in [-0.15, -0.1) is 0 Å². The highest BCUT2D eigenvalue weighted by Gasteiger charge is 2.14. The standard InChI is InChI=1S/C16H12BrFN4O/c1-10-14(21-16(23)13-7-6-11(17)8-19-13)9-20-22(10)15-5-3-2-4-12(15)18/h2-9H,1H3,(H,21,23). The average Bonchev–Trinajstić information content (AvgIpc) is 2.89. The van der Waals surface area contributed by atoms with Gasteiger partial charge in [-0.2, -0.15) is 5.10 Å². The third-order valence-corrected chi connectivity index (χ3v) is 3.77. The van der Waals surface area contributed by atoms with Crippen molar-refractivity contribution in [3.8, 4) is 5.69 Å². The molecule has 23 heavy (non-hydrogen) atoms. The summed E-state index contributed by atoms with van der Waals surface area (Å²) in [6, 6.07) is 9.66. The topological polar surface area (TPSA) is 59.8 Å².